The number of hydrogen-bond acceptors (Lipinski definition) is 5. The second-order valence-corrected chi connectivity index (χ2v) is 8.31. The predicted octanol–water partition coefficient (Wildman–Crippen LogP) is 4.57. The second-order valence-electron chi connectivity index (χ2n) is 8.31. The van der Waals surface area contributed by atoms with E-state index in [4.69, 9.17) is 4.74 Å². The summed E-state index contributed by atoms with van der Waals surface area (Å²) >= 11 is 0. The van der Waals surface area contributed by atoms with E-state index < -0.39 is 0 Å². The first kappa shape index (κ1) is 23.1. The number of benzene rings is 3. The topological polar surface area (TPSA) is 53.1 Å². The zero-order valence-corrected chi connectivity index (χ0v) is 20.0. The van der Waals surface area contributed by atoms with Gasteiger partial charge in [0.25, 0.3) is 11.8 Å². The zero-order chi connectivity index (χ0) is 24.2. The summed E-state index contributed by atoms with van der Waals surface area (Å²) in [6.45, 7) is 3.10. The quantitative estimate of drug-likeness (QED) is 0.466. The highest BCUT2D eigenvalue weighted by molar-refractivity contribution is 6.45. The van der Waals surface area contributed by atoms with Crippen LogP contribution in [0.4, 0.5) is 11.4 Å². The maximum Gasteiger partial charge on any atom is 0.282 e. The monoisotopic (exact) mass is 455 g/mol. The molecule has 0 unspecified atom stereocenters. The standard InChI is InChI=1S/C28H29N3O3/c1-5-30(19-20-9-7-6-8-10-20)26-25(21-11-17-24(34-4)18-12-21)27(32)31(28(26)33)23-15-13-22(14-16-23)29(2)3/h6-18H,5,19H2,1-4H3. The maximum absolute atomic E-state index is 13.8. The molecule has 1 aliphatic heterocycles. The molecule has 174 valence electrons. The Morgan fingerprint density at radius 3 is 2.03 bits per heavy atom. The minimum Gasteiger partial charge on any atom is -0.497 e. The number of hydrogen-bond donors (Lipinski definition) is 0. The normalized spacial score (nSPS) is 13.5. The first-order valence-electron chi connectivity index (χ1n) is 11.3. The van der Waals surface area contributed by atoms with Gasteiger partial charge in [0.2, 0.25) is 0 Å². The molecule has 3 aromatic carbocycles. The Kier molecular flexibility index (Phi) is 6.68. The molecule has 0 aliphatic carbocycles. The van der Waals surface area contributed by atoms with E-state index in [9.17, 15) is 9.59 Å². The summed E-state index contributed by atoms with van der Waals surface area (Å²) in [5.41, 5.74) is 4.12. The minimum absolute atomic E-state index is 0.314. The molecule has 0 radical (unpaired) electrons. The number of anilines is 2. The van der Waals surface area contributed by atoms with Crippen LogP contribution in [0.3, 0.4) is 0 Å². The Labute approximate surface area is 200 Å². The zero-order valence-electron chi connectivity index (χ0n) is 20.0. The molecule has 0 bridgehead atoms. The lowest BCUT2D eigenvalue weighted by Gasteiger charge is -2.25. The van der Waals surface area contributed by atoms with Gasteiger partial charge in [-0.3, -0.25) is 9.59 Å². The molecule has 0 N–H and O–H groups in total. The molecule has 0 fully saturated rings. The first-order chi connectivity index (χ1) is 16.4. The van der Waals surface area contributed by atoms with Crippen molar-refractivity contribution in [2.24, 2.45) is 0 Å². The van der Waals surface area contributed by atoms with Crippen molar-refractivity contribution in [3.05, 3.63) is 95.7 Å². The van der Waals surface area contributed by atoms with Crippen molar-refractivity contribution in [3.8, 4) is 5.75 Å². The third-order valence-electron chi connectivity index (χ3n) is 5.98. The molecular weight excluding hydrogens is 426 g/mol. The largest absolute Gasteiger partial charge is 0.497 e. The molecule has 34 heavy (non-hydrogen) atoms. The Balaban J connectivity index is 1.79. The minimum atomic E-state index is -0.325. The third kappa shape index (κ3) is 4.39. The van der Waals surface area contributed by atoms with E-state index in [0.717, 1.165) is 11.3 Å². The Morgan fingerprint density at radius 1 is 0.824 bits per heavy atom. The van der Waals surface area contributed by atoms with Crippen LogP contribution < -0.4 is 14.5 Å². The lowest BCUT2D eigenvalue weighted by atomic mass is 10.0. The van der Waals surface area contributed by atoms with Gasteiger partial charge < -0.3 is 14.5 Å². The summed E-state index contributed by atoms with van der Waals surface area (Å²) in [6, 6.07) is 24.7. The van der Waals surface area contributed by atoms with Gasteiger partial charge in [-0.2, -0.15) is 0 Å². The van der Waals surface area contributed by atoms with Crippen molar-refractivity contribution in [2.45, 2.75) is 13.5 Å². The van der Waals surface area contributed by atoms with Crippen LogP contribution in [-0.4, -0.2) is 44.5 Å². The number of amides is 2. The molecule has 0 aromatic heterocycles. The predicted molar refractivity (Wildman–Crippen MR) is 136 cm³/mol. The summed E-state index contributed by atoms with van der Waals surface area (Å²) in [4.78, 5) is 32.8. The van der Waals surface area contributed by atoms with Crippen LogP contribution in [0.2, 0.25) is 0 Å². The Hall–Kier alpha value is -4.06. The van der Waals surface area contributed by atoms with Crippen molar-refractivity contribution in [1.82, 2.24) is 4.90 Å². The fourth-order valence-electron chi connectivity index (χ4n) is 4.12. The highest BCUT2D eigenvalue weighted by Crippen LogP contribution is 2.36. The average molecular weight is 456 g/mol. The summed E-state index contributed by atoms with van der Waals surface area (Å²) < 4.78 is 5.28. The summed E-state index contributed by atoms with van der Waals surface area (Å²) in [5.74, 6) is 0.0518. The van der Waals surface area contributed by atoms with Gasteiger partial charge >= 0.3 is 0 Å². The number of imide groups is 1. The van der Waals surface area contributed by atoms with Gasteiger partial charge in [0.05, 0.1) is 18.4 Å². The Bertz CT molecular complexity index is 1200. The smallest absolute Gasteiger partial charge is 0.282 e. The Morgan fingerprint density at radius 2 is 1.47 bits per heavy atom. The molecular formula is C28H29N3O3. The number of carbonyl (C=O) groups excluding carboxylic acids is 2. The van der Waals surface area contributed by atoms with E-state index in [-0.39, 0.29) is 11.8 Å². The lowest BCUT2D eigenvalue weighted by molar-refractivity contribution is -0.120. The van der Waals surface area contributed by atoms with Crippen LogP contribution in [0, 0.1) is 0 Å². The van der Waals surface area contributed by atoms with Crippen LogP contribution in [0.25, 0.3) is 5.57 Å². The number of nitrogens with zero attached hydrogens (tertiary/aromatic N) is 3. The fraction of sp³-hybridized carbons (Fsp3) is 0.214. The number of carbonyl (C=O) groups is 2. The molecule has 4 rings (SSSR count). The van der Waals surface area contributed by atoms with Crippen LogP contribution in [0.1, 0.15) is 18.1 Å². The first-order valence-corrected chi connectivity index (χ1v) is 11.3. The molecule has 0 atom stereocenters. The van der Waals surface area contributed by atoms with E-state index >= 15 is 0 Å². The lowest BCUT2D eigenvalue weighted by Crippen LogP contribution is -2.35. The van der Waals surface area contributed by atoms with E-state index in [1.807, 2.05) is 97.5 Å². The van der Waals surface area contributed by atoms with Crippen molar-refractivity contribution in [3.63, 3.8) is 0 Å². The highest BCUT2D eigenvalue weighted by Gasteiger charge is 2.42. The van der Waals surface area contributed by atoms with Crippen LogP contribution in [0.5, 0.6) is 5.75 Å². The van der Waals surface area contributed by atoms with Crippen molar-refractivity contribution in [1.29, 1.82) is 0 Å². The molecule has 2 amide bonds. The molecule has 0 spiro atoms. The van der Waals surface area contributed by atoms with Gasteiger partial charge in [0, 0.05) is 32.9 Å². The molecule has 0 saturated carbocycles. The van der Waals surface area contributed by atoms with E-state index in [2.05, 4.69) is 0 Å². The molecule has 6 nitrogen and oxygen atoms in total. The molecule has 1 heterocycles. The summed E-state index contributed by atoms with van der Waals surface area (Å²) in [6.07, 6.45) is 0. The van der Waals surface area contributed by atoms with Crippen LogP contribution >= 0.6 is 0 Å². The van der Waals surface area contributed by atoms with Crippen molar-refractivity contribution in [2.75, 3.05) is 37.5 Å². The van der Waals surface area contributed by atoms with Crippen LogP contribution in [-0.2, 0) is 16.1 Å². The second kappa shape index (κ2) is 9.83. The molecule has 1 aliphatic rings. The molecule has 3 aromatic rings. The van der Waals surface area contributed by atoms with E-state index in [1.165, 1.54) is 4.90 Å². The van der Waals surface area contributed by atoms with Gasteiger partial charge in [0.1, 0.15) is 11.4 Å². The molecule has 0 saturated heterocycles. The van der Waals surface area contributed by atoms with E-state index in [0.29, 0.717) is 41.4 Å². The number of methoxy groups -OCH3 is 1. The number of likely N-dealkylation sites (N-methyl/N-ethyl adjacent to an activating group) is 1. The van der Waals surface area contributed by atoms with Gasteiger partial charge in [-0.05, 0) is 54.4 Å². The van der Waals surface area contributed by atoms with Gasteiger partial charge in [-0.1, -0.05) is 42.5 Å². The average Bonchev–Trinajstić information content (AvgIpc) is 3.12. The summed E-state index contributed by atoms with van der Waals surface area (Å²) in [5, 5.41) is 0. The van der Waals surface area contributed by atoms with Crippen LogP contribution in [0.15, 0.2) is 84.6 Å². The van der Waals surface area contributed by atoms with Crippen molar-refractivity contribution >= 4 is 28.8 Å². The summed E-state index contributed by atoms with van der Waals surface area (Å²) in [7, 11) is 5.50. The third-order valence-corrected chi connectivity index (χ3v) is 5.98. The van der Waals surface area contributed by atoms with Crippen molar-refractivity contribution < 1.29 is 14.3 Å². The number of ether oxygens (including phenoxy) is 1. The SMILES string of the molecule is CCN(Cc1ccccc1)C1=C(c2ccc(OC)cc2)C(=O)N(c2ccc(N(C)C)cc2)C1=O. The number of rotatable bonds is 8. The molecule has 6 heteroatoms. The van der Waals surface area contributed by atoms with Gasteiger partial charge in [-0.25, -0.2) is 4.90 Å². The highest BCUT2D eigenvalue weighted by atomic mass is 16.5. The van der Waals surface area contributed by atoms with Gasteiger partial charge in [-0.15, -0.1) is 0 Å². The van der Waals surface area contributed by atoms with Gasteiger partial charge in [0.15, 0.2) is 0 Å². The van der Waals surface area contributed by atoms with E-state index in [1.54, 1.807) is 19.2 Å². The fourth-order valence-corrected chi connectivity index (χ4v) is 4.12. The maximum atomic E-state index is 13.8.